The van der Waals surface area contributed by atoms with Gasteiger partial charge in [0.1, 0.15) is 0 Å². The zero-order valence-corrected chi connectivity index (χ0v) is 13.3. The van der Waals surface area contributed by atoms with Crippen molar-refractivity contribution in [2.24, 2.45) is 4.99 Å². The van der Waals surface area contributed by atoms with Crippen molar-refractivity contribution in [1.82, 2.24) is 10.2 Å². The standard InChI is InChI=1S/C15H27F2N3O2/c1-18-15(19-10-14(16)17)20-7-5-12(6-8-20)22-11-13-4-2-3-9-21-13/h12-14H,2-11H2,1H3,(H,18,19). The molecule has 1 unspecified atom stereocenters. The Hall–Kier alpha value is -0.950. The molecule has 0 aromatic rings. The monoisotopic (exact) mass is 319 g/mol. The maximum absolute atomic E-state index is 12.3. The number of likely N-dealkylation sites (tertiary alicyclic amines) is 1. The predicted molar refractivity (Wildman–Crippen MR) is 81.5 cm³/mol. The lowest BCUT2D eigenvalue weighted by atomic mass is 10.1. The number of ether oxygens (including phenoxy) is 2. The maximum atomic E-state index is 12.3. The second-order valence-corrected chi connectivity index (χ2v) is 5.83. The number of guanidine groups is 1. The highest BCUT2D eigenvalue weighted by Gasteiger charge is 2.24. The Morgan fingerprint density at radius 1 is 1.32 bits per heavy atom. The van der Waals surface area contributed by atoms with E-state index in [4.69, 9.17) is 9.47 Å². The van der Waals surface area contributed by atoms with Gasteiger partial charge in [-0.25, -0.2) is 8.78 Å². The fraction of sp³-hybridized carbons (Fsp3) is 0.933. The van der Waals surface area contributed by atoms with Crippen molar-refractivity contribution in [2.45, 2.75) is 50.7 Å². The molecule has 0 bridgehead atoms. The summed E-state index contributed by atoms with van der Waals surface area (Å²) in [7, 11) is 1.62. The SMILES string of the molecule is CN=C(NCC(F)F)N1CCC(OCC2CCCCO2)CC1. The van der Waals surface area contributed by atoms with E-state index in [1.54, 1.807) is 7.05 Å². The van der Waals surface area contributed by atoms with E-state index in [-0.39, 0.29) is 18.8 Å². The quantitative estimate of drug-likeness (QED) is 0.621. The minimum absolute atomic E-state index is 0.231. The van der Waals surface area contributed by atoms with Crippen LogP contribution in [0.4, 0.5) is 8.78 Å². The van der Waals surface area contributed by atoms with Crippen LogP contribution >= 0.6 is 0 Å². The van der Waals surface area contributed by atoms with E-state index >= 15 is 0 Å². The van der Waals surface area contributed by atoms with Gasteiger partial charge in [-0.2, -0.15) is 0 Å². The number of nitrogens with zero attached hydrogens (tertiary/aromatic N) is 2. The van der Waals surface area contributed by atoms with E-state index in [0.717, 1.165) is 45.4 Å². The van der Waals surface area contributed by atoms with Crippen molar-refractivity contribution in [3.05, 3.63) is 0 Å². The van der Waals surface area contributed by atoms with Crippen molar-refractivity contribution in [3.63, 3.8) is 0 Å². The highest BCUT2D eigenvalue weighted by atomic mass is 19.3. The maximum Gasteiger partial charge on any atom is 0.255 e. The first-order chi connectivity index (χ1) is 10.7. The second kappa shape index (κ2) is 9.25. The molecule has 2 heterocycles. The molecule has 2 aliphatic rings. The summed E-state index contributed by atoms with van der Waals surface area (Å²) in [6.07, 6.45) is 3.35. The van der Waals surface area contributed by atoms with Crippen LogP contribution in [0.2, 0.25) is 0 Å². The molecule has 128 valence electrons. The Kier molecular flexibility index (Phi) is 7.32. The molecular formula is C15H27F2N3O2. The van der Waals surface area contributed by atoms with Crippen molar-refractivity contribution < 1.29 is 18.3 Å². The summed E-state index contributed by atoms with van der Waals surface area (Å²) in [4.78, 5) is 6.08. The molecule has 7 heteroatoms. The summed E-state index contributed by atoms with van der Waals surface area (Å²) in [5.41, 5.74) is 0. The van der Waals surface area contributed by atoms with Crippen molar-refractivity contribution in [3.8, 4) is 0 Å². The molecule has 2 fully saturated rings. The molecule has 2 saturated heterocycles. The third-order valence-electron chi connectivity index (χ3n) is 4.16. The summed E-state index contributed by atoms with van der Waals surface area (Å²) < 4.78 is 36.2. The minimum atomic E-state index is -2.37. The molecule has 0 radical (unpaired) electrons. The van der Waals surface area contributed by atoms with Crippen molar-refractivity contribution in [1.29, 1.82) is 0 Å². The predicted octanol–water partition coefficient (Wildman–Crippen LogP) is 1.88. The Bertz CT molecular complexity index is 342. The molecule has 0 aromatic heterocycles. The van der Waals surface area contributed by atoms with Crippen molar-refractivity contribution >= 4 is 5.96 Å². The number of hydrogen-bond donors (Lipinski definition) is 1. The van der Waals surface area contributed by atoms with E-state index in [9.17, 15) is 8.78 Å². The molecule has 5 nitrogen and oxygen atoms in total. The van der Waals surface area contributed by atoms with Gasteiger partial charge in [0.05, 0.1) is 25.4 Å². The molecule has 2 aliphatic heterocycles. The van der Waals surface area contributed by atoms with Crippen molar-refractivity contribution in [2.75, 3.05) is 39.9 Å². The zero-order valence-electron chi connectivity index (χ0n) is 13.3. The van der Waals surface area contributed by atoms with Gasteiger partial charge in [-0.15, -0.1) is 0 Å². The van der Waals surface area contributed by atoms with Crippen LogP contribution in [-0.2, 0) is 9.47 Å². The third-order valence-corrected chi connectivity index (χ3v) is 4.16. The van der Waals surface area contributed by atoms with Crippen LogP contribution in [0.15, 0.2) is 4.99 Å². The number of nitrogens with one attached hydrogen (secondary N) is 1. The van der Waals surface area contributed by atoms with Gasteiger partial charge in [0, 0.05) is 26.7 Å². The number of alkyl halides is 2. The van der Waals surface area contributed by atoms with Gasteiger partial charge < -0.3 is 19.7 Å². The summed E-state index contributed by atoms with van der Waals surface area (Å²) in [6.45, 7) is 2.71. The summed E-state index contributed by atoms with van der Waals surface area (Å²) >= 11 is 0. The van der Waals surface area contributed by atoms with Gasteiger partial charge in [-0.05, 0) is 32.1 Å². The zero-order chi connectivity index (χ0) is 15.8. The average molecular weight is 319 g/mol. The van der Waals surface area contributed by atoms with E-state index in [0.29, 0.717) is 12.6 Å². The summed E-state index contributed by atoms with van der Waals surface area (Å²) in [6, 6.07) is 0. The van der Waals surface area contributed by atoms with E-state index in [1.165, 1.54) is 6.42 Å². The van der Waals surface area contributed by atoms with Crippen LogP contribution in [0.1, 0.15) is 32.1 Å². The minimum Gasteiger partial charge on any atom is -0.376 e. The fourth-order valence-corrected chi connectivity index (χ4v) is 2.92. The molecular weight excluding hydrogens is 292 g/mol. The molecule has 0 aromatic carbocycles. The number of hydrogen-bond acceptors (Lipinski definition) is 3. The Balaban J connectivity index is 1.66. The van der Waals surface area contributed by atoms with Crippen LogP contribution in [-0.4, -0.2) is 69.4 Å². The number of aliphatic imine (C=N–C) groups is 1. The second-order valence-electron chi connectivity index (χ2n) is 5.83. The lowest BCUT2D eigenvalue weighted by Crippen LogP contribution is -2.48. The lowest BCUT2D eigenvalue weighted by Gasteiger charge is -2.35. The van der Waals surface area contributed by atoms with Gasteiger partial charge >= 0.3 is 0 Å². The van der Waals surface area contributed by atoms with Crippen LogP contribution in [0.3, 0.4) is 0 Å². The first-order valence-corrected chi connectivity index (χ1v) is 8.16. The van der Waals surface area contributed by atoms with Crippen LogP contribution in [0, 0.1) is 0 Å². The van der Waals surface area contributed by atoms with Crippen LogP contribution < -0.4 is 5.32 Å². The topological polar surface area (TPSA) is 46.1 Å². The number of halogens is 2. The third kappa shape index (κ3) is 5.68. The Morgan fingerprint density at radius 2 is 2.09 bits per heavy atom. The Morgan fingerprint density at radius 3 is 2.68 bits per heavy atom. The number of piperidine rings is 1. The molecule has 22 heavy (non-hydrogen) atoms. The molecule has 0 saturated carbocycles. The lowest BCUT2D eigenvalue weighted by molar-refractivity contribution is -0.0721. The van der Waals surface area contributed by atoms with Gasteiger partial charge in [-0.3, -0.25) is 4.99 Å². The molecule has 0 spiro atoms. The average Bonchev–Trinajstić information content (AvgIpc) is 2.55. The molecule has 1 N–H and O–H groups in total. The smallest absolute Gasteiger partial charge is 0.255 e. The highest BCUT2D eigenvalue weighted by molar-refractivity contribution is 5.79. The highest BCUT2D eigenvalue weighted by Crippen LogP contribution is 2.17. The van der Waals surface area contributed by atoms with Crippen LogP contribution in [0.5, 0.6) is 0 Å². The van der Waals surface area contributed by atoms with Gasteiger partial charge in [-0.1, -0.05) is 0 Å². The van der Waals surface area contributed by atoms with Gasteiger partial charge in [0.15, 0.2) is 5.96 Å². The van der Waals surface area contributed by atoms with Gasteiger partial charge in [0.25, 0.3) is 6.43 Å². The van der Waals surface area contributed by atoms with E-state index < -0.39 is 6.43 Å². The molecule has 0 amide bonds. The van der Waals surface area contributed by atoms with E-state index in [1.807, 2.05) is 4.90 Å². The van der Waals surface area contributed by atoms with Crippen LogP contribution in [0.25, 0.3) is 0 Å². The normalized spacial score (nSPS) is 24.8. The summed E-state index contributed by atoms with van der Waals surface area (Å²) in [5.74, 6) is 0.550. The largest absolute Gasteiger partial charge is 0.376 e. The molecule has 0 aliphatic carbocycles. The Labute approximate surface area is 131 Å². The number of rotatable bonds is 5. The molecule has 2 rings (SSSR count). The summed E-state index contributed by atoms with van der Waals surface area (Å²) in [5, 5.41) is 2.70. The fourth-order valence-electron chi connectivity index (χ4n) is 2.92. The molecule has 1 atom stereocenters. The first kappa shape index (κ1) is 17.4. The first-order valence-electron chi connectivity index (χ1n) is 8.16. The van der Waals surface area contributed by atoms with E-state index in [2.05, 4.69) is 10.3 Å². The van der Waals surface area contributed by atoms with Gasteiger partial charge in [0.2, 0.25) is 0 Å².